The van der Waals surface area contributed by atoms with Gasteiger partial charge in [0.1, 0.15) is 17.3 Å². The van der Waals surface area contributed by atoms with Gasteiger partial charge in [-0.2, -0.15) is 0 Å². The summed E-state index contributed by atoms with van der Waals surface area (Å²) in [5, 5.41) is 6.39. The van der Waals surface area contributed by atoms with Gasteiger partial charge in [0.05, 0.1) is 7.11 Å². The van der Waals surface area contributed by atoms with Crippen molar-refractivity contribution >= 4 is 11.7 Å². The minimum atomic E-state index is -0.601. The molecule has 21 heavy (non-hydrogen) atoms. The van der Waals surface area contributed by atoms with Crippen molar-refractivity contribution in [3.8, 4) is 11.5 Å². The topological polar surface area (TPSA) is 73.6 Å². The summed E-state index contributed by atoms with van der Waals surface area (Å²) >= 11 is 0. The van der Waals surface area contributed by atoms with Crippen LogP contribution in [0.15, 0.2) is 34.9 Å². The number of nitrogens with zero attached hydrogens (tertiary/aromatic N) is 1. The summed E-state index contributed by atoms with van der Waals surface area (Å²) in [5.74, 6) is 2.09. The fourth-order valence-corrected chi connectivity index (χ4v) is 1.77. The minimum Gasteiger partial charge on any atom is -0.497 e. The molecule has 1 N–H and O–H groups in total. The standard InChI is InChI=1S/C15H18N2O4/c1-4-13(15(18)16-14-9-10(2)21-17-14)20-12-7-5-11(19-3)6-8-12/h5-9,13H,4H2,1-3H3,(H,16,17,18). The minimum absolute atomic E-state index is 0.262. The lowest BCUT2D eigenvalue weighted by Gasteiger charge is -2.16. The summed E-state index contributed by atoms with van der Waals surface area (Å²) in [7, 11) is 1.60. The summed E-state index contributed by atoms with van der Waals surface area (Å²) in [6.07, 6.45) is -0.0651. The molecule has 1 heterocycles. The predicted octanol–water partition coefficient (Wildman–Crippen LogP) is 2.79. The fourth-order valence-electron chi connectivity index (χ4n) is 1.77. The molecule has 1 atom stereocenters. The molecule has 0 fully saturated rings. The average molecular weight is 290 g/mol. The molecule has 0 radical (unpaired) electrons. The Morgan fingerprint density at radius 3 is 2.52 bits per heavy atom. The second kappa shape index (κ2) is 6.78. The van der Waals surface area contributed by atoms with Crippen molar-refractivity contribution in [1.82, 2.24) is 5.16 Å². The summed E-state index contributed by atoms with van der Waals surface area (Å²) < 4.78 is 15.7. The first kappa shape index (κ1) is 14.9. The van der Waals surface area contributed by atoms with Gasteiger partial charge in [0.25, 0.3) is 5.91 Å². The first-order chi connectivity index (χ1) is 10.1. The lowest BCUT2D eigenvalue weighted by molar-refractivity contribution is -0.122. The van der Waals surface area contributed by atoms with Crippen LogP contribution in [0.2, 0.25) is 0 Å². The Bertz CT molecular complexity index is 592. The van der Waals surface area contributed by atoms with Crippen molar-refractivity contribution in [2.24, 2.45) is 0 Å². The Hall–Kier alpha value is -2.50. The molecule has 2 aromatic rings. The molecule has 1 amide bonds. The van der Waals surface area contributed by atoms with Crippen LogP contribution in [0, 0.1) is 6.92 Å². The molecular formula is C15H18N2O4. The van der Waals surface area contributed by atoms with Crippen LogP contribution >= 0.6 is 0 Å². The Morgan fingerprint density at radius 2 is 2.00 bits per heavy atom. The van der Waals surface area contributed by atoms with Gasteiger partial charge < -0.3 is 19.3 Å². The SMILES string of the molecule is CCC(Oc1ccc(OC)cc1)C(=O)Nc1cc(C)on1. The maximum Gasteiger partial charge on any atom is 0.266 e. The first-order valence-corrected chi connectivity index (χ1v) is 6.67. The highest BCUT2D eigenvalue weighted by Crippen LogP contribution is 2.19. The number of carbonyl (C=O) groups is 1. The van der Waals surface area contributed by atoms with E-state index in [1.165, 1.54) is 0 Å². The van der Waals surface area contributed by atoms with Gasteiger partial charge in [-0.1, -0.05) is 12.1 Å². The molecular weight excluding hydrogens is 272 g/mol. The second-order valence-electron chi connectivity index (χ2n) is 4.50. The zero-order valence-electron chi connectivity index (χ0n) is 12.3. The van der Waals surface area contributed by atoms with Gasteiger partial charge >= 0.3 is 0 Å². The number of benzene rings is 1. The van der Waals surface area contributed by atoms with Crippen molar-refractivity contribution in [3.63, 3.8) is 0 Å². The summed E-state index contributed by atoms with van der Waals surface area (Å²) in [6, 6.07) is 8.73. The van der Waals surface area contributed by atoms with Crippen LogP contribution in [-0.2, 0) is 4.79 Å². The molecule has 0 bridgehead atoms. The van der Waals surface area contributed by atoms with E-state index in [4.69, 9.17) is 14.0 Å². The molecule has 1 aromatic carbocycles. The molecule has 0 saturated carbocycles. The summed E-state index contributed by atoms with van der Waals surface area (Å²) in [4.78, 5) is 12.1. The van der Waals surface area contributed by atoms with E-state index in [2.05, 4.69) is 10.5 Å². The Labute approximate surface area is 123 Å². The number of methoxy groups -OCH3 is 1. The number of aromatic nitrogens is 1. The van der Waals surface area contributed by atoms with Crippen LogP contribution in [0.5, 0.6) is 11.5 Å². The van der Waals surface area contributed by atoms with Crippen LogP contribution in [0.1, 0.15) is 19.1 Å². The number of amides is 1. The largest absolute Gasteiger partial charge is 0.497 e. The van der Waals surface area contributed by atoms with Gasteiger partial charge in [-0.25, -0.2) is 0 Å². The highest BCUT2D eigenvalue weighted by Gasteiger charge is 2.19. The van der Waals surface area contributed by atoms with Crippen LogP contribution in [0.25, 0.3) is 0 Å². The number of anilines is 1. The molecule has 2 rings (SSSR count). The van der Waals surface area contributed by atoms with E-state index in [-0.39, 0.29) is 5.91 Å². The fraction of sp³-hybridized carbons (Fsp3) is 0.333. The molecule has 112 valence electrons. The molecule has 0 aliphatic carbocycles. The van der Waals surface area contributed by atoms with E-state index >= 15 is 0 Å². The molecule has 1 unspecified atom stereocenters. The zero-order valence-corrected chi connectivity index (χ0v) is 12.3. The monoisotopic (exact) mass is 290 g/mol. The first-order valence-electron chi connectivity index (χ1n) is 6.67. The highest BCUT2D eigenvalue weighted by molar-refractivity contribution is 5.93. The van der Waals surface area contributed by atoms with E-state index in [0.717, 1.165) is 5.75 Å². The van der Waals surface area contributed by atoms with Crippen LogP contribution in [-0.4, -0.2) is 24.3 Å². The molecule has 0 aliphatic rings. The molecule has 6 nitrogen and oxygen atoms in total. The third-order valence-electron chi connectivity index (χ3n) is 2.88. The smallest absolute Gasteiger partial charge is 0.266 e. The molecule has 0 spiro atoms. The molecule has 1 aromatic heterocycles. The van der Waals surface area contributed by atoms with Crippen molar-refractivity contribution in [2.45, 2.75) is 26.4 Å². The Balaban J connectivity index is 1.99. The van der Waals surface area contributed by atoms with Crippen molar-refractivity contribution in [1.29, 1.82) is 0 Å². The number of ether oxygens (including phenoxy) is 2. The van der Waals surface area contributed by atoms with Crippen molar-refractivity contribution < 1.29 is 18.8 Å². The van der Waals surface area contributed by atoms with Gasteiger partial charge in [0.15, 0.2) is 11.9 Å². The summed E-state index contributed by atoms with van der Waals surface area (Å²) in [5.41, 5.74) is 0. The zero-order chi connectivity index (χ0) is 15.2. The third-order valence-corrected chi connectivity index (χ3v) is 2.88. The highest BCUT2D eigenvalue weighted by atomic mass is 16.5. The average Bonchev–Trinajstić information content (AvgIpc) is 2.90. The van der Waals surface area contributed by atoms with Crippen LogP contribution in [0.4, 0.5) is 5.82 Å². The number of nitrogens with one attached hydrogen (secondary N) is 1. The third kappa shape index (κ3) is 3.98. The van der Waals surface area contributed by atoms with Crippen molar-refractivity contribution in [2.75, 3.05) is 12.4 Å². The summed E-state index contributed by atoms with van der Waals surface area (Å²) in [6.45, 7) is 3.63. The lowest BCUT2D eigenvalue weighted by Crippen LogP contribution is -2.32. The number of hydrogen-bond acceptors (Lipinski definition) is 5. The quantitative estimate of drug-likeness (QED) is 0.885. The van der Waals surface area contributed by atoms with Gasteiger partial charge in [-0.15, -0.1) is 0 Å². The van der Waals surface area contributed by atoms with E-state index in [0.29, 0.717) is 23.7 Å². The van der Waals surface area contributed by atoms with Crippen LogP contribution < -0.4 is 14.8 Å². The Morgan fingerprint density at radius 1 is 1.33 bits per heavy atom. The van der Waals surface area contributed by atoms with Crippen LogP contribution in [0.3, 0.4) is 0 Å². The predicted molar refractivity (Wildman–Crippen MR) is 77.6 cm³/mol. The second-order valence-corrected chi connectivity index (χ2v) is 4.50. The van der Waals surface area contributed by atoms with Gasteiger partial charge in [0.2, 0.25) is 0 Å². The number of rotatable bonds is 6. The normalized spacial score (nSPS) is 11.8. The maximum absolute atomic E-state index is 12.1. The molecule has 6 heteroatoms. The van der Waals surface area contributed by atoms with Gasteiger partial charge in [-0.05, 0) is 37.6 Å². The Kier molecular flexibility index (Phi) is 4.81. The van der Waals surface area contributed by atoms with E-state index in [1.54, 1.807) is 44.4 Å². The van der Waals surface area contributed by atoms with E-state index < -0.39 is 6.10 Å². The van der Waals surface area contributed by atoms with E-state index in [1.807, 2.05) is 6.92 Å². The van der Waals surface area contributed by atoms with Gasteiger partial charge in [-0.3, -0.25) is 4.79 Å². The maximum atomic E-state index is 12.1. The van der Waals surface area contributed by atoms with E-state index in [9.17, 15) is 4.79 Å². The number of aryl methyl sites for hydroxylation is 1. The lowest BCUT2D eigenvalue weighted by atomic mass is 10.2. The van der Waals surface area contributed by atoms with Crippen molar-refractivity contribution in [3.05, 3.63) is 36.1 Å². The number of hydrogen-bond donors (Lipinski definition) is 1. The number of carbonyl (C=O) groups excluding carboxylic acids is 1. The molecule has 0 saturated heterocycles. The van der Waals surface area contributed by atoms with Gasteiger partial charge in [0, 0.05) is 6.07 Å². The molecule has 0 aliphatic heterocycles.